The molecule has 2 heterocycles. The molecule has 9 nitrogen and oxygen atoms in total. The molecule has 2 aliphatic rings. The fourth-order valence-electron chi connectivity index (χ4n) is 4.42. The van der Waals surface area contributed by atoms with Crippen LogP contribution in [-0.4, -0.2) is 56.3 Å². The van der Waals surface area contributed by atoms with Crippen LogP contribution in [0.5, 0.6) is 0 Å². The van der Waals surface area contributed by atoms with E-state index in [0.29, 0.717) is 23.5 Å². The highest BCUT2D eigenvalue weighted by Crippen LogP contribution is 2.33. The molecule has 1 saturated heterocycles. The highest BCUT2D eigenvalue weighted by Gasteiger charge is 2.36. The van der Waals surface area contributed by atoms with Crippen LogP contribution < -0.4 is 20.9 Å². The largest absolute Gasteiger partial charge is 0.351 e. The first-order valence-electron chi connectivity index (χ1n) is 11.1. The maximum absolute atomic E-state index is 12.9. The Morgan fingerprint density at radius 1 is 1.12 bits per heavy atom. The lowest BCUT2D eigenvalue weighted by Gasteiger charge is -2.37. The van der Waals surface area contributed by atoms with Crippen molar-refractivity contribution in [3.8, 4) is 0 Å². The molecule has 4 rings (SSSR count). The third-order valence-corrected chi connectivity index (χ3v) is 7.86. The third-order valence-electron chi connectivity index (χ3n) is 6.10. The number of rotatable bonds is 6. The molecule has 2 aromatic rings. The number of hydrogen-bond donors (Lipinski definition) is 3. The summed E-state index contributed by atoms with van der Waals surface area (Å²) in [6.07, 6.45) is 0.214. The number of carbonyl (C=O) groups is 3. The topological polar surface area (TPSA) is 125 Å². The van der Waals surface area contributed by atoms with Crippen LogP contribution in [0.4, 0.5) is 17.1 Å². The molecule has 0 spiro atoms. The second-order valence-electron chi connectivity index (χ2n) is 8.89. The number of anilines is 3. The molecule has 0 bridgehead atoms. The number of benzene rings is 2. The van der Waals surface area contributed by atoms with E-state index in [-0.39, 0.29) is 36.3 Å². The fourth-order valence-corrected chi connectivity index (χ4v) is 6.09. The van der Waals surface area contributed by atoms with E-state index >= 15 is 0 Å². The normalized spacial score (nSPS) is 20.9. The number of hydrogen-bond acceptors (Lipinski definition) is 6. The number of aryl methyl sites for hydroxylation is 2. The van der Waals surface area contributed by atoms with Gasteiger partial charge in [-0.05, 0) is 44.0 Å². The number of fused-ring (bicyclic) bond motifs is 1. The Bertz CT molecular complexity index is 1240. The summed E-state index contributed by atoms with van der Waals surface area (Å²) in [4.78, 5) is 40.2. The van der Waals surface area contributed by atoms with Crippen molar-refractivity contribution in [1.29, 1.82) is 0 Å². The molecule has 2 atom stereocenters. The first kappa shape index (κ1) is 23.7. The summed E-state index contributed by atoms with van der Waals surface area (Å²) < 4.78 is 23.5. The Morgan fingerprint density at radius 2 is 1.88 bits per heavy atom. The molecule has 2 aromatic carbocycles. The number of nitrogens with one attached hydrogen (secondary N) is 3. The van der Waals surface area contributed by atoms with Gasteiger partial charge < -0.3 is 20.9 Å². The molecule has 0 aliphatic carbocycles. The minimum absolute atomic E-state index is 0.0497. The first-order chi connectivity index (χ1) is 16.1. The Kier molecular flexibility index (Phi) is 6.60. The Morgan fingerprint density at radius 3 is 2.59 bits per heavy atom. The molecule has 3 N–H and O–H groups in total. The summed E-state index contributed by atoms with van der Waals surface area (Å²) in [5.41, 5.74) is 3.83. The number of nitrogens with zero attached hydrogens (tertiary/aromatic N) is 1. The third kappa shape index (κ3) is 5.39. The van der Waals surface area contributed by atoms with Crippen LogP contribution in [0.2, 0.25) is 0 Å². The number of sulfone groups is 1. The van der Waals surface area contributed by atoms with Gasteiger partial charge in [-0.15, -0.1) is 0 Å². The van der Waals surface area contributed by atoms with Gasteiger partial charge in [0.1, 0.15) is 6.04 Å². The Labute approximate surface area is 198 Å². The van der Waals surface area contributed by atoms with Gasteiger partial charge in [-0.3, -0.25) is 14.4 Å². The van der Waals surface area contributed by atoms with Gasteiger partial charge in [-0.25, -0.2) is 8.42 Å². The predicted molar refractivity (Wildman–Crippen MR) is 131 cm³/mol. The Balaban J connectivity index is 1.51. The summed E-state index contributed by atoms with van der Waals surface area (Å²) >= 11 is 0. The van der Waals surface area contributed by atoms with Crippen LogP contribution in [0.25, 0.3) is 0 Å². The highest BCUT2D eigenvalue weighted by molar-refractivity contribution is 7.91. The molecule has 10 heteroatoms. The summed E-state index contributed by atoms with van der Waals surface area (Å²) in [6, 6.07) is 11.4. The van der Waals surface area contributed by atoms with Crippen molar-refractivity contribution in [2.45, 2.75) is 38.8 Å². The molecule has 0 unspecified atom stereocenters. The zero-order valence-electron chi connectivity index (χ0n) is 19.1. The summed E-state index contributed by atoms with van der Waals surface area (Å²) in [7, 11) is -3.14. The molecule has 0 radical (unpaired) electrons. The molecule has 34 heavy (non-hydrogen) atoms. The monoisotopic (exact) mass is 484 g/mol. The van der Waals surface area contributed by atoms with Crippen LogP contribution in [0.1, 0.15) is 24.0 Å². The van der Waals surface area contributed by atoms with Gasteiger partial charge in [0.2, 0.25) is 17.7 Å². The van der Waals surface area contributed by atoms with Gasteiger partial charge in [0.15, 0.2) is 9.84 Å². The summed E-state index contributed by atoms with van der Waals surface area (Å²) in [5.74, 6) is -1.16. The van der Waals surface area contributed by atoms with Crippen molar-refractivity contribution in [3.05, 3.63) is 53.6 Å². The predicted octanol–water partition coefficient (Wildman–Crippen LogP) is 1.76. The van der Waals surface area contributed by atoms with E-state index in [1.807, 2.05) is 32.0 Å². The molecule has 3 amide bonds. The zero-order valence-corrected chi connectivity index (χ0v) is 19.9. The van der Waals surface area contributed by atoms with Crippen molar-refractivity contribution >= 4 is 44.6 Å². The SMILES string of the molecule is Cc1ccc(NC(=O)C[C@H]2C(=O)Nc3ccccc3N2CC(=O)N[C@@H]2CCS(=O)(=O)C2)c(C)c1. The van der Waals surface area contributed by atoms with E-state index in [4.69, 9.17) is 0 Å². The van der Waals surface area contributed by atoms with Gasteiger partial charge in [0.05, 0.1) is 35.8 Å². The molecular weight excluding hydrogens is 456 g/mol. The van der Waals surface area contributed by atoms with Gasteiger partial charge in [0.25, 0.3) is 0 Å². The lowest BCUT2D eigenvalue weighted by Crippen LogP contribution is -2.53. The minimum Gasteiger partial charge on any atom is -0.351 e. The molecule has 2 aliphatic heterocycles. The van der Waals surface area contributed by atoms with E-state index in [2.05, 4.69) is 16.0 Å². The first-order valence-corrected chi connectivity index (χ1v) is 13.0. The number of carbonyl (C=O) groups excluding carboxylic acids is 3. The lowest BCUT2D eigenvalue weighted by atomic mass is 10.0. The molecule has 0 aromatic heterocycles. The smallest absolute Gasteiger partial charge is 0.247 e. The fraction of sp³-hybridized carbons (Fsp3) is 0.375. The molecule has 0 saturated carbocycles. The minimum atomic E-state index is -3.14. The van der Waals surface area contributed by atoms with E-state index < -0.39 is 27.8 Å². The quantitative estimate of drug-likeness (QED) is 0.574. The summed E-state index contributed by atoms with van der Waals surface area (Å²) in [5, 5.41) is 8.43. The van der Waals surface area contributed by atoms with Gasteiger partial charge in [0, 0.05) is 11.7 Å². The van der Waals surface area contributed by atoms with Crippen molar-refractivity contribution < 1.29 is 22.8 Å². The molecular formula is C24H28N4O5S. The van der Waals surface area contributed by atoms with Crippen molar-refractivity contribution in [2.75, 3.05) is 33.6 Å². The van der Waals surface area contributed by atoms with Crippen LogP contribution >= 0.6 is 0 Å². The van der Waals surface area contributed by atoms with Crippen LogP contribution in [-0.2, 0) is 24.2 Å². The maximum atomic E-state index is 12.9. The van der Waals surface area contributed by atoms with E-state index in [1.54, 1.807) is 29.2 Å². The molecule has 1 fully saturated rings. The molecule has 180 valence electrons. The lowest BCUT2D eigenvalue weighted by molar-refractivity contribution is -0.123. The number of para-hydroxylation sites is 2. The summed E-state index contributed by atoms with van der Waals surface area (Å²) in [6.45, 7) is 3.68. The number of amides is 3. The van der Waals surface area contributed by atoms with Crippen molar-refractivity contribution in [1.82, 2.24) is 5.32 Å². The van der Waals surface area contributed by atoms with E-state index in [1.165, 1.54) is 0 Å². The second-order valence-corrected chi connectivity index (χ2v) is 11.1. The van der Waals surface area contributed by atoms with Gasteiger partial charge in [-0.1, -0.05) is 29.8 Å². The van der Waals surface area contributed by atoms with Crippen LogP contribution in [0.3, 0.4) is 0 Å². The average molecular weight is 485 g/mol. The van der Waals surface area contributed by atoms with Crippen molar-refractivity contribution in [2.24, 2.45) is 0 Å². The van der Waals surface area contributed by atoms with E-state index in [0.717, 1.165) is 11.1 Å². The maximum Gasteiger partial charge on any atom is 0.247 e. The zero-order chi connectivity index (χ0) is 24.5. The Hall–Kier alpha value is -3.40. The van der Waals surface area contributed by atoms with Crippen LogP contribution in [0.15, 0.2) is 42.5 Å². The highest BCUT2D eigenvalue weighted by atomic mass is 32.2. The average Bonchev–Trinajstić information content (AvgIpc) is 3.10. The standard InChI is InChI=1S/C24H28N4O5S/c1-15-7-8-18(16(2)11-15)26-22(29)12-21-24(31)27-19-5-3-4-6-20(19)28(21)13-23(30)25-17-9-10-34(32,33)14-17/h3-8,11,17,21H,9-10,12-14H2,1-2H3,(H,25,30)(H,26,29)(H,27,31)/t17-,21+/m1/s1. The van der Waals surface area contributed by atoms with E-state index in [9.17, 15) is 22.8 Å². The van der Waals surface area contributed by atoms with Gasteiger partial charge in [-0.2, -0.15) is 0 Å². The van der Waals surface area contributed by atoms with Gasteiger partial charge >= 0.3 is 0 Å². The second kappa shape index (κ2) is 9.46. The van der Waals surface area contributed by atoms with Crippen molar-refractivity contribution in [3.63, 3.8) is 0 Å². The van der Waals surface area contributed by atoms with Crippen LogP contribution in [0, 0.1) is 13.8 Å².